The zero-order chi connectivity index (χ0) is 36.0. The Hall–Kier alpha value is -3.24. The van der Waals surface area contributed by atoms with Gasteiger partial charge in [-0.2, -0.15) is 0 Å². The van der Waals surface area contributed by atoms with Crippen LogP contribution in [0.3, 0.4) is 0 Å². The molecule has 5 N–H and O–H groups in total. The number of aliphatic hydroxyl groups is 3. The van der Waals surface area contributed by atoms with Gasteiger partial charge in [0, 0.05) is 18.5 Å². The van der Waals surface area contributed by atoms with E-state index in [1.54, 1.807) is 21.0 Å². The van der Waals surface area contributed by atoms with Crippen LogP contribution in [-0.4, -0.2) is 71.2 Å². The van der Waals surface area contributed by atoms with Crippen LogP contribution in [0.1, 0.15) is 108 Å². The van der Waals surface area contributed by atoms with Gasteiger partial charge < -0.3 is 35.4 Å². The first-order chi connectivity index (χ1) is 22.3. The van der Waals surface area contributed by atoms with Gasteiger partial charge in [-0.1, -0.05) is 64.5 Å². The molecule has 0 radical (unpaired) electrons. The Labute approximate surface area is 287 Å². The average molecular weight is 667 g/mol. The number of benzene rings is 2. The van der Waals surface area contributed by atoms with E-state index in [4.69, 9.17) is 9.47 Å². The van der Waals surface area contributed by atoms with E-state index in [9.17, 15) is 24.9 Å². The Morgan fingerprint density at radius 1 is 1.00 bits per heavy atom. The first-order valence-corrected chi connectivity index (χ1v) is 17.0. The van der Waals surface area contributed by atoms with E-state index < -0.39 is 35.4 Å². The lowest BCUT2D eigenvalue weighted by molar-refractivity contribution is -0.180. The third kappa shape index (κ3) is 10.1. The fourth-order valence-corrected chi connectivity index (χ4v) is 5.75. The van der Waals surface area contributed by atoms with Crippen LogP contribution < -0.4 is 15.4 Å². The van der Waals surface area contributed by atoms with Crippen molar-refractivity contribution in [1.29, 1.82) is 0 Å². The third-order valence-corrected chi connectivity index (χ3v) is 8.93. The number of rotatable bonds is 13. The molecule has 0 spiro atoms. The Morgan fingerprint density at radius 2 is 1.69 bits per heavy atom. The largest absolute Gasteiger partial charge is 0.496 e. The fraction of sp³-hybridized carbons (Fsp3) is 0.590. The van der Waals surface area contributed by atoms with Crippen LogP contribution in [0, 0.1) is 17.8 Å². The zero-order valence-electron chi connectivity index (χ0n) is 30.6. The minimum Gasteiger partial charge on any atom is -0.496 e. The maximum absolute atomic E-state index is 13.3. The second kappa shape index (κ2) is 16.0. The van der Waals surface area contributed by atoms with Crippen LogP contribution in [0.2, 0.25) is 0 Å². The lowest BCUT2D eigenvalue weighted by Gasteiger charge is -2.37. The summed E-state index contributed by atoms with van der Waals surface area (Å²) in [4.78, 5) is 26.1. The molecule has 4 atom stereocenters. The molecule has 1 saturated heterocycles. The van der Waals surface area contributed by atoms with E-state index in [1.807, 2.05) is 65.0 Å². The van der Waals surface area contributed by atoms with E-state index in [0.717, 1.165) is 40.7 Å². The van der Waals surface area contributed by atoms with Crippen molar-refractivity contribution in [2.24, 2.45) is 10.8 Å². The van der Waals surface area contributed by atoms with Gasteiger partial charge in [0.1, 0.15) is 23.5 Å². The lowest BCUT2D eigenvalue weighted by Crippen LogP contribution is -2.57. The van der Waals surface area contributed by atoms with Crippen LogP contribution >= 0.6 is 0 Å². The number of carbonyl (C=O) groups excluding carboxylic acids is 2. The first kappa shape index (κ1) is 39.2. The molecule has 2 aromatic carbocycles. The summed E-state index contributed by atoms with van der Waals surface area (Å²) in [6.07, 6.45) is 2.77. The third-order valence-electron chi connectivity index (χ3n) is 8.93. The van der Waals surface area contributed by atoms with Crippen molar-refractivity contribution in [3.8, 4) is 5.75 Å². The van der Waals surface area contributed by atoms with Gasteiger partial charge in [0.15, 0.2) is 0 Å². The monoisotopic (exact) mass is 666 g/mol. The molecule has 9 nitrogen and oxygen atoms in total. The Kier molecular flexibility index (Phi) is 13.1. The number of aryl methyl sites for hydroxylation is 2. The molecule has 3 rings (SSSR count). The van der Waals surface area contributed by atoms with E-state index >= 15 is 0 Å². The molecule has 1 fully saturated rings. The van der Waals surface area contributed by atoms with Crippen LogP contribution in [0.25, 0.3) is 6.08 Å². The maximum atomic E-state index is 13.3. The molecule has 1 heterocycles. The molecule has 0 bridgehead atoms. The van der Waals surface area contributed by atoms with Gasteiger partial charge in [0.05, 0.1) is 31.3 Å². The number of amides is 2. The molecule has 0 saturated carbocycles. The van der Waals surface area contributed by atoms with Crippen LogP contribution in [0.4, 0.5) is 0 Å². The number of aliphatic hydroxyl groups excluding tert-OH is 3. The average Bonchev–Trinajstić information content (AvgIpc) is 3.01. The van der Waals surface area contributed by atoms with Gasteiger partial charge >= 0.3 is 0 Å². The molecule has 2 amide bonds. The molecular formula is C39H58N2O7. The summed E-state index contributed by atoms with van der Waals surface area (Å²) < 4.78 is 11.8. The highest BCUT2D eigenvalue weighted by atomic mass is 16.5. The van der Waals surface area contributed by atoms with Gasteiger partial charge in [0.2, 0.25) is 11.8 Å². The molecule has 1 aliphatic heterocycles. The number of hydrogen-bond acceptors (Lipinski definition) is 7. The Balaban J connectivity index is 1.82. The van der Waals surface area contributed by atoms with Crippen LogP contribution in [0.5, 0.6) is 5.75 Å². The predicted molar refractivity (Wildman–Crippen MR) is 190 cm³/mol. The highest BCUT2D eigenvalue weighted by molar-refractivity contribution is 5.93. The van der Waals surface area contributed by atoms with Gasteiger partial charge in [-0.15, -0.1) is 0 Å². The summed E-state index contributed by atoms with van der Waals surface area (Å²) in [5.74, 6) is 0.110. The molecule has 4 unspecified atom stereocenters. The molecule has 0 aromatic heterocycles. The second-order valence-electron chi connectivity index (χ2n) is 15.5. The number of hydrogen-bond donors (Lipinski definition) is 5. The first-order valence-electron chi connectivity index (χ1n) is 17.0. The SMILES string of the molecule is CCCc1cc(OC)c(C2OC(CO)CC(O)C2O)cc1Cc1ccc(C=CC(C)(C)C(=O)NC(C)(C)C(=O)NCC(C)(C)C)cc1C. The minimum absolute atomic E-state index is 0.0659. The Bertz CT molecular complexity index is 1460. The molecule has 9 heteroatoms. The van der Waals surface area contributed by atoms with Gasteiger partial charge in [-0.25, -0.2) is 0 Å². The van der Waals surface area contributed by atoms with E-state index in [1.165, 1.54) is 0 Å². The van der Waals surface area contributed by atoms with Crippen molar-refractivity contribution in [3.05, 3.63) is 69.8 Å². The zero-order valence-corrected chi connectivity index (χ0v) is 30.6. The van der Waals surface area contributed by atoms with Crippen molar-refractivity contribution in [1.82, 2.24) is 10.6 Å². The number of methoxy groups -OCH3 is 1. The molecular weight excluding hydrogens is 608 g/mol. The summed E-state index contributed by atoms with van der Waals surface area (Å²) >= 11 is 0. The predicted octanol–water partition coefficient (Wildman–Crippen LogP) is 5.19. The van der Waals surface area contributed by atoms with E-state index in [0.29, 0.717) is 24.3 Å². The number of ether oxygens (including phenoxy) is 2. The van der Waals surface area contributed by atoms with Gasteiger partial charge in [-0.05, 0) is 92.8 Å². The van der Waals surface area contributed by atoms with Crippen molar-refractivity contribution in [3.63, 3.8) is 0 Å². The van der Waals surface area contributed by atoms with Crippen molar-refractivity contribution in [2.45, 2.75) is 118 Å². The van der Waals surface area contributed by atoms with E-state index in [-0.39, 0.29) is 30.3 Å². The molecule has 0 aliphatic carbocycles. The highest BCUT2D eigenvalue weighted by Crippen LogP contribution is 2.39. The van der Waals surface area contributed by atoms with Crippen molar-refractivity contribution >= 4 is 17.9 Å². The highest BCUT2D eigenvalue weighted by Gasteiger charge is 2.39. The summed E-state index contributed by atoms with van der Waals surface area (Å²) in [7, 11) is 1.58. The summed E-state index contributed by atoms with van der Waals surface area (Å²) in [5.41, 5.74) is 4.01. The van der Waals surface area contributed by atoms with Gasteiger partial charge in [0.25, 0.3) is 0 Å². The maximum Gasteiger partial charge on any atom is 0.245 e. The smallest absolute Gasteiger partial charge is 0.245 e. The minimum atomic E-state index is -1.15. The fourth-order valence-electron chi connectivity index (χ4n) is 5.75. The molecule has 2 aromatic rings. The van der Waals surface area contributed by atoms with Crippen molar-refractivity contribution in [2.75, 3.05) is 20.3 Å². The summed E-state index contributed by atoms with van der Waals surface area (Å²) in [5, 5.41) is 36.9. The molecule has 1 aliphatic rings. The normalized spacial score (nSPS) is 20.5. The second-order valence-corrected chi connectivity index (χ2v) is 15.5. The van der Waals surface area contributed by atoms with Crippen LogP contribution in [-0.2, 0) is 27.2 Å². The standard InChI is InChI=1S/C39H58N2O7/c1-11-12-27-20-32(47-10)30(34-33(44)31(43)21-29(22-42)48-34)19-28(27)18-26-14-13-25(17-24(26)2)15-16-38(6,7)35(45)41-39(8,9)36(46)40-23-37(3,4)5/h13-17,19-20,29,31,33-34,42-44H,11-12,18,21-23H2,1-10H3,(H,40,46)(H,41,45). The molecule has 266 valence electrons. The number of carbonyl (C=O) groups is 2. The summed E-state index contributed by atoms with van der Waals surface area (Å²) in [6, 6.07) is 10.2. The van der Waals surface area contributed by atoms with E-state index in [2.05, 4.69) is 36.6 Å². The quantitative estimate of drug-likeness (QED) is 0.199. The Morgan fingerprint density at radius 3 is 2.27 bits per heavy atom. The topological polar surface area (TPSA) is 137 Å². The van der Waals surface area contributed by atoms with Gasteiger partial charge in [-0.3, -0.25) is 9.59 Å². The van der Waals surface area contributed by atoms with Crippen molar-refractivity contribution < 1.29 is 34.4 Å². The summed E-state index contributed by atoms with van der Waals surface area (Å²) in [6.45, 7) is 17.6. The van der Waals surface area contributed by atoms with Crippen LogP contribution in [0.15, 0.2) is 36.4 Å². The number of nitrogens with one attached hydrogen (secondary N) is 2. The lowest BCUT2D eigenvalue weighted by atomic mass is 9.87. The molecule has 48 heavy (non-hydrogen) atoms.